The Morgan fingerprint density at radius 1 is 1.21 bits per heavy atom. The molecule has 29 heavy (non-hydrogen) atoms. The molecular weight excluding hydrogens is 387 g/mol. The smallest absolute Gasteiger partial charge is 0.404 e. The zero-order valence-electron chi connectivity index (χ0n) is 15.3. The molecule has 1 aliphatic carbocycles. The predicted molar refractivity (Wildman–Crippen MR) is 99.3 cm³/mol. The van der Waals surface area contributed by atoms with E-state index >= 15 is 0 Å². The van der Waals surface area contributed by atoms with E-state index in [0.29, 0.717) is 0 Å². The Labute approximate surface area is 164 Å². The highest BCUT2D eigenvalue weighted by Gasteiger charge is 2.36. The quantitative estimate of drug-likeness (QED) is 0.555. The highest BCUT2D eigenvalue weighted by atomic mass is 19.2. The Morgan fingerprint density at radius 2 is 1.93 bits per heavy atom. The van der Waals surface area contributed by atoms with E-state index in [1.54, 1.807) is 13.0 Å². The van der Waals surface area contributed by atoms with E-state index in [-0.39, 0.29) is 28.8 Å². The van der Waals surface area contributed by atoms with Gasteiger partial charge < -0.3 is 21.1 Å². The summed E-state index contributed by atoms with van der Waals surface area (Å²) in [6.45, 7) is 1.66. The number of benzene rings is 1. The molecule has 1 fully saturated rings. The number of hydrogen-bond acceptors (Lipinski definition) is 5. The fourth-order valence-electron chi connectivity index (χ4n) is 3.03. The normalized spacial score (nSPS) is 15.1. The summed E-state index contributed by atoms with van der Waals surface area (Å²) in [4.78, 5) is 15.0. The average Bonchev–Trinajstić information content (AvgIpc) is 3.49. The maximum Gasteiger partial charge on any atom is 0.404 e. The molecule has 7 nitrogen and oxygen atoms in total. The molecule has 1 amide bonds. The highest BCUT2D eigenvalue weighted by molar-refractivity contribution is 5.66. The third-order valence-corrected chi connectivity index (χ3v) is 4.60. The molecule has 0 unspecified atom stereocenters. The van der Waals surface area contributed by atoms with Crippen LogP contribution >= 0.6 is 0 Å². The van der Waals surface area contributed by atoms with Gasteiger partial charge in [-0.15, -0.1) is 0 Å². The van der Waals surface area contributed by atoms with Gasteiger partial charge in [-0.25, -0.2) is 22.9 Å². The lowest BCUT2D eigenvalue weighted by molar-refractivity contribution is 0.188. The Hall–Kier alpha value is -3.48. The van der Waals surface area contributed by atoms with Crippen molar-refractivity contribution in [1.82, 2.24) is 10.3 Å². The van der Waals surface area contributed by atoms with Crippen LogP contribution in [0.4, 0.5) is 35.3 Å². The van der Waals surface area contributed by atoms with Gasteiger partial charge in [0.25, 0.3) is 0 Å². The van der Waals surface area contributed by atoms with Crippen molar-refractivity contribution in [3.63, 3.8) is 0 Å². The summed E-state index contributed by atoms with van der Waals surface area (Å²) in [6, 6.07) is 4.90. The van der Waals surface area contributed by atoms with Crippen LogP contribution in [0.25, 0.3) is 0 Å². The van der Waals surface area contributed by atoms with Crippen LogP contribution in [0.2, 0.25) is 0 Å². The molecule has 1 aromatic carbocycles. The monoisotopic (exact) mass is 405 g/mol. The van der Waals surface area contributed by atoms with Crippen molar-refractivity contribution >= 4 is 23.4 Å². The third-order valence-electron chi connectivity index (χ3n) is 4.60. The zero-order chi connectivity index (χ0) is 21.1. The Morgan fingerprint density at radius 3 is 2.52 bits per heavy atom. The average molecular weight is 405 g/mol. The molecule has 0 aliphatic heterocycles. The van der Waals surface area contributed by atoms with Gasteiger partial charge in [-0.3, -0.25) is 0 Å². The summed E-state index contributed by atoms with van der Waals surface area (Å²) in [6.07, 6.45) is 0.529. The first-order valence-electron chi connectivity index (χ1n) is 8.87. The summed E-state index contributed by atoms with van der Waals surface area (Å²) in [7, 11) is 0. The van der Waals surface area contributed by atoms with Gasteiger partial charge in [0.15, 0.2) is 29.1 Å². The van der Waals surface area contributed by atoms with Crippen LogP contribution < -0.4 is 16.0 Å². The van der Waals surface area contributed by atoms with Gasteiger partial charge in [-0.1, -0.05) is 0 Å². The van der Waals surface area contributed by atoms with E-state index in [0.717, 1.165) is 31.0 Å². The van der Waals surface area contributed by atoms with Crippen molar-refractivity contribution in [3.8, 4) is 6.07 Å². The second-order valence-corrected chi connectivity index (χ2v) is 6.83. The second-order valence-electron chi connectivity index (χ2n) is 6.83. The Bertz CT molecular complexity index is 975. The molecule has 152 valence electrons. The van der Waals surface area contributed by atoms with Gasteiger partial charge in [0.05, 0.1) is 11.6 Å². The number of nitriles is 1. The molecule has 1 saturated carbocycles. The molecule has 0 radical (unpaired) electrons. The molecule has 2 aromatic rings. The van der Waals surface area contributed by atoms with Crippen LogP contribution in [0.1, 0.15) is 25.3 Å². The lowest BCUT2D eigenvalue weighted by Crippen LogP contribution is -2.45. The highest BCUT2D eigenvalue weighted by Crippen LogP contribution is 2.36. The molecule has 0 saturated heterocycles. The van der Waals surface area contributed by atoms with Gasteiger partial charge in [0.1, 0.15) is 6.07 Å². The Kier molecular flexibility index (Phi) is 5.77. The van der Waals surface area contributed by atoms with Gasteiger partial charge >= 0.3 is 6.09 Å². The number of nitrogens with one attached hydrogen (secondary N) is 3. The maximum absolute atomic E-state index is 14.5. The number of halogens is 3. The number of carboxylic acid groups (broad SMARTS) is 1. The number of hydrogen-bond donors (Lipinski definition) is 4. The summed E-state index contributed by atoms with van der Waals surface area (Å²) >= 11 is 0. The lowest BCUT2D eigenvalue weighted by atomic mass is 10.0. The molecular formula is C19H18F3N5O2. The SMILES string of the molecule is C[C@H](NC(=O)O)[C@@H](Nc1nc(Nc2ccc(F)c(F)c2)c(C#N)cc1F)C1CC1. The van der Waals surface area contributed by atoms with Crippen molar-refractivity contribution in [2.75, 3.05) is 10.6 Å². The lowest BCUT2D eigenvalue weighted by Gasteiger charge is -2.26. The van der Waals surface area contributed by atoms with Crippen molar-refractivity contribution < 1.29 is 23.1 Å². The maximum atomic E-state index is 14.5. The summed E-state index contributed by atoms with van der Waals surface area (Å²) in [5.41, 5.74) is 0.00239. The number of carbonyl (C=O) groups is 1. The first kappa shape index (κ1) is 20.3. The van der Waals surface area contributed by atoms with Gasteiger partial charge in [0, 0.05) is 17.8 Å². The van der Waals surface area contributed by atoms with Crippen LogP contribution in [-0.4, -0.2) is 28.3 Å². The van der Waals surface area contributed by atoms with Gasteiger partial charge in [0.2, 0.25) is 0 Å². The fraction of sp³-hybridized carbons (Fsp3) is 0.316. The van der Waals surface area contributed by atoms with Crippen molar-refractivity contribution in [1.29, 1.82) is 5.26 Å². The topological polar surface area (TPSA) is 110 Å². The molecule has 0 spiro atoms. The number of rotatable bonds is 7. The number of pyridine rings is 1. The van der Waals surface area contributed by atoms with E-state index in [1.807, 2.05) is 0 Å². The number of aromatic nitrogens is 1. The summed E-state index contributed by atoms with van der Waals surface area (Å²) < 4.78 is 41.0. The number of anilines is 3. The minimum absolute atomic E-state index is 0.0456. The summed E-state index contributed by atoms with van der Waals surface area (Å²) in [5, 5.41) is 26.1. The Balaban J connectivity index is 1.89. The van der Waals surface area contributed by atoms with Crippen LogP contribution in [0, 0.1) is 34.7 Å². The minimum atomic E-state index is -1.20. The van der Waals surface area contributed by atoms with E-state index in [1.165, 1.54) is 6.07 Å². The zero-order valence-corrected chi connectivity index (χ0v) is 15.3. The van der Waals surface area contributed by atoms with Crippen molar-refractivity contribution in [2.24, 2.45) is 5.92 Å². The van der Waals surface area contributed by atoms with Crippen molar-refractivity contribution in [2.45, 2.75) is 31.8 Å². The molecule has 2 atom stereocenters. The molecule has 1 aliphatic rings. The van der Waals surface area contributed by atoms with Crippen LogP contribution in [0.15, 0.2) is 24.3 Å². The van der Waals surface area contributed by atoms with Crippen molar-refractivity contribution in [3.05, 3.63) is 47.3 Å². The molecule has 1 aromatic heterocycles. The van der Waals surface area contributed by atoms with E-state index < -0.39 is 35.6 Å². The molecule has 3 rings (SSSR count). The van der Waals surface area contributed by atoms with E-state index in [9.17, 15) is 23.2 Å². The van der Waals surface area contributed by atoms with Crippen LogP contribution in [0.3, 0.4) is 0 Å². The number of nitrogens with zero attached hydrogens (tertiary/aromatic N) is 2. The van der Waals surface area contributed by atoms with Crippen LogP contribution in [-0.2, 0) is 0 Å². The van der Waals surface area contributed by atoms with Gasteiger partial charge in [-0.05, 0) is 43.9 Å². The summed E-state index contributed by atoms with van der Waals surface area (Å²) in [5.74, 6) is -2.98. The predicted octanol–water partition coefficient (Wildman–Crippen LogP) is 3.96. The minimum Gasteiger partial charge on any atom is -0.465 e. The third kappa shape index (κ3) is 4.87. The van der Waals surface area contributed by atoms with E-state index in [4.69, 9.17) is 5.11 Å². The second kappa shape index (κ2) is 8.26. The first-order valence-corrected chi connectivity index (χ1v) is 8.87. The standard InChI is InChI=1S/C19H18F3N5O2/c1-9(24-19(28)29)16(10-2-3-10)26-18-15(22)6-11(8-23)17(27-18)25-12-4-5-13(20)14(21)7-12/h4-7,9-10,16,24H,2-3H2,1H3,(H,28,29)(H2,25,26,27)/t9-,16+/m0/s1. The van der Waals surface area contributed by atoms with Gasteiger partial charge in [-0.2, -0.15) is 5.26 Å². The van der Waals surface area contributed by atoms with Crippen LogP contribution in [0.5, 0.6) is 0 Å². The first-order chi connectivity index (χ1) is 13.8. The fourth-order valence-corrected chi connectivity index (χ4v) is 3.03. The number of amides is 1. The molecule has 10 heteroatoms. The molecule has 0 bridgehead atoms. The largest absolute Gasteiger partial charge is 0.465 e. The molecule has 1 heterocycles. The molecule has 4 N–H and O–H groups in total. The van der Waals surface area contributed by atoms with E-state index in [2.05, 4.69) is 20.9 Å².